The first kappa shape index (κ1) is 16.6. The highest BCUT2D eigenvalue weighted by Crippen LogP contribution is 2.22. The lowest BCUT2D eigenvalue weighted by Gasteiger charge is -2.13. The maximum absolute atomic E-state index is 12.9. The lowest BCUT2D eigenvalue weighted by molar-refractivity contribution is 0.175. The van der Waals surface area contributed by atoms with Gasteiger partial charge in [-0.25, -0.2) is 9.18 Å². The summed E-state index contributed by atoms with van der Waals surface area (Å²) in [5.74, 6) is -0.385. The van der Waals surface area contributed by atoms with Gasteiger partial charge in [0.1, 0.15) is 11.5 Å². The molecule has 0 fully saturated rings. The van der Waals surface area contributed by atoms with Crippen LogP contribution in [-0.4, -0.2) is 32.9 Å². The third-order valence-electron chi connectivity index (χ3n) is 3.52. The van der Waals surface area contributed by atoms with E-state index < -0.39 is 12.1 Å². The average Bonchev–Trinajstić information content (AvgIpc) is 3.09. The number of pyridine rings is 1. The Morgan fingerprint density at radius 2 is 2.04 bits per heavy atom. The zero-order valence-corrected chi connectivity index (χ0v) is 13.1. The summed E-state index contributed by atoms with van der Waals surface area (Å²) in [5, 5.41) is 21.9. The van der Waals surface area contributed by atoms with Gasteiger partial charge in [0, 0.05) is 12.7 Å². The molecule has 1 atom stereocenters. The van der Waals surface area contributed by atoms with Crippen LogP contribution in [-0.2, 0) is 0 Å². The van der Waals surface area contributed by atoms with E-state index in [2.05, 4.69) is 25.8 Å². The number of aromatic nitrogens is 3. The number of rotatable bonds is 5. The molecule has 8 heteroatoms. The molecule has 0 bridgehead atoms. The topological polar surface area (TPSA) is 103 Å². The number of hydrogen-bond donors (Lipinski definition) is 4. The minimum atomic E-state index is -0.939. The van der Waals surface area contributed by atoms with Gasteiger partial charge in [-0.05, 0) is 29.8 Å². The van der Waals surface area contributed by atoms with Crippen molar-refractivity contribution in [1.82, 2.24) is 20.5 Å². The first-order chi connectivity index (χ1) is 12.1. The van der Waals surface area contributed by atoms with Crippen LogP contribution in [0, 0.1) is 5.82 Å². The first-order valence-electron chi connectivity index (χ1n) is 7.56. The molecular formula is C17H16FN5O2. The van der Waals surface area contributed by atoms with Gasteiger partial charge in [-0.1, -0.05) is 18.2 Å². The van der Waals surface area contributed by atoms with E-state index in [0.717, 1.165) is 0 Å². The molecule has 2 aromatic heterocycles. The zero-order chi connectivity index (χ0) is 17.6. The van der Waals surface area contributed by atoms with Gasteiger partial charge in [0.2, 0.25) is 0 Å². The predicted octanol–water partition coefficient (Wildman–Crippen LogP) is 2.47. The predicted molar refractivity (Wildman–Crippen MR) is 90.2 cm³/mol. The highest BCUT2D eigenvalue weighted by atomic mass is 19.1. The Morgan fingerprint density at radius 3 is 2.76 bits per heavy atom. The molecule has 3 aromatic rings. The molecule has 0 aliphatic heterocycles. The van der Waals surface area contributed by atoms with Crippen molar-refractivity contribution in [2.75, 3.05) is 11.9 Å². The number of H-pyrrole nitrogens is 1. The number of anilines is 1. The number of nitrogens with one attached hydrogen (secondary N) is 3. The smallest absolute Gasteiger partial charge is 0.319 e. The largest absolute Gasteiger partial charge is 0.387 e. The number of aliphatic hydroxyl groups excluding tert-OH is 1. The van der Waals surface area contributed by atoms with Crippen molar-refractivity contribution in [1.29, 1.82) is 0 Å². The second-order valence-electron chi connectivity index (χ2n) is 5.28. The van der Waals surface area contributed by atoms with E-state index in [0.29, 0.717) is 22.6 Å². The van der Waals surface area contributed by atoms with E-state index in [4.69, 9.17) is 0 Å². The van der Waals surface area contributed by atoms with E-state index in [9.17, 15) is 14.3 Å². The number of urea groups is 1. The van der Waals surface area contributed by atoms with Gasteiger partial charge in [0.05, 0.1) is 23.7 Å². The van der Waals surface area contributed by atoms with Crippen molar-refractivity contribution in [2.24, 2.45) is 0 Å². The molecule has 1 aromatic carbocycles. The number of aliphatic hydroxyl groups is 1. The van der Waals surface area contributed by atoms with Gasteiger partial charge in [0.25, 0.3) is 0 Å². The van der Waals surface area contributed by atoms with Crippen LogP contribution >= 0.6 is 0 Å². The van der Waals surface area contributed by atoms with Gasteiger partial charge in [0.15, 0.2) is 0 Å². The van der Waals surface area contributed by atoms with Crippen LogP contribution in [0.2, 0.25) is 0 Å². The van der Waals surface area contributed by atoms with Gasteiger partial charge >= 0.3 is 6.03 Å². The Kier molecular flexibility index (Phi) is 5.00. The average molecular weight is 341 g/mol. The van der Waals surface area contributed by atoms with Crippen molar-refractivity contribution < 1.29 is 14.3 Å². The molecule has 0 aliphatic rings. The zero-order valence-electron chi connectivity index (χ0n) is 13.1. The summed E-state index contributed by atoms with van der Waals surface area (Å²) in [6, 6.07) is 10.3. The summed E-state index contributed by atoms with van der Waals surface area (Å²) in [7, 11) is 0. The molecular weight excluding hydrogens is 325 g/mol. The summed E-state index contributed by atoms with van der Waals surface area (Å²) < 4.78 is 12.9. The molecule has 1 unspecified atom stereocenters. The van der Waals surface area contributed by atoms with Crippen LogP contribution in [0.1, 0.15) is 11.7 Å². The minimum absolute atomic E-state index is 0.0196. The second kappa shape index (κ2) is 7.54. The minimum Gasteiger partial charge on any atom is -0.387 e. The fraction of sp³-hybridized carbons (Fsp3) is 0.118. The summed E-state index contributed by atoms with van der Waals surface area (Å²) in [6.45, 7) is -0.0196. The van der Waals surface area contributed by atoms with Crippen LogP contribution < -0.4 is 10.6 Å². The molecule has 4 N–H and O–H groups in total. The molecule has 0 spiro atoms. The van der Waals surface area contributed by atoms with E-state index in [-0.39, 0.29) is 12.4 Å². The normalized spacial score (nSPS) is 11.8. The van der Waals surface area contributed by atoms with E-state index in [1.807, 2.05) is 6.07 Å². The molecule has 2 heterocycles. The number of amides is 2. The molecule has 25 heavy (non-hydrogen) atoms. The van der Waals surface area contributed by atoms with Crippen LogP contribution in [0.4, 0.5) is 14.9 Å². The van der Waals surface area contributed by atoms with Gasteiger partial charge in [-0.3, -0.25) is 10.1 Å². The Balaban J connectivity index is 1.58. The quantitative estimate of drug-likeness (QED) is 0.572. The first-order valence-corrected chi connectivity index (χ1v) is 7.56. The molecule has 128 valence electrons. The number of halogens is 1. The molecule has 0 saturated carbocycles. The van der Waals surface area contributed by atoms with Crippen LogP contribution in [0.25, 0.3) is 11.4 Å². The lowest BCUT2D eigenvalue weighted by Crippen LogP contribution is -2.32. The molecule has 0 aliphatic carbocycles. The number of carbonyl (C=O) groups is 1. The third kappa shape index (κ3) is 4.18. The Bertz CT molecular complexity index is 836. The Hall–Kier alpha value is -3.26. The van der Waals surface area contributed by atoms with Gasteiger partial charge < -0.3 is 15.7 Å². The molecule has 0 saturated heterocycles. The number of nitrogens with zero attached hydrogens (tertiary/aromatic N) is 2. The highest BCUT2D eigenvalue weighted by Gasteiger charge is 2.13. The van der Waals surface area contributed by atoms with Crippen molar-refractivity contribution in [3.05, 3.63) is 66.2 Å². The summed E-state index contributed by atoms with van der Waals surface area (Å²) >= 11 is 0. The summed E-state index contributed by atoms with van der Waals surface area (Å²) in [6.07, 6.45) is 2.17. The third-order valence-corrected chi connectivity index (χ3v) is 3.52. The van der Waals surface area contributed by atoms with Crippen LogP contribution in [0.5, 0.6) is 0 Å². The van der Waals surface area contributed by atoms with Crippen molar-refractivity contribution in [3.63, 3.8) is 0 Å². The number of hydrogen-bond acceptors (Lipinski definition) is 4. The van der Waals surface area contributed by atoms with E-state index in [1.165, 1.54) is 30.5 Å². The maximum atomic E-state index is 12.9. The summed E-state index contributed by atoms with van der Waals surface area (Å²) in [5.41, 5.74) is 2.20. The van der Waals surface area contributed by atoms with E-state index >= 15 is 0 Å². The second-order valence-corrected chi connectivity index (χ2v) is 5.28. The number of carbonyl (C=O) groups excluding carboxylic acids is 1. The monoisotopic (exact) mass is 341 g/mol. The van der Waals surface area contributed by atoms with E-state index in [1.54, 1.807) is 18.3 Å². The van der Waals surface area contributed by atoms with Crippen LogP contribution in [0.3, 0.4) is 0 Å². The van der Waals surface area contributed by atoms with Crippen molar-refractivity contribution in [2.45, 2.75) is 6.10 Å². The van der Waals surface area contributed by atoms with Gasteiger partial charge in [-0.2, -0.15) is 5.10 Å². The van der Waals surface area contributed by atoms with Gasteiger partial charge in [-0.15, -0.1) is 0 Å². The molecule has 3 rings (SSSR count). The van der Waals surface area contributed by atoms with Crippen molar-refractivity contribution >= 4 is 11.7 Å². The highest BCUT2D eigenvalue weighted by molar-refractivity contribution is 5.92. The number of benzene rings is 1. The Labute approximate surface area is 142 Å². The fourth-order valence-electron chi connectivity index (χ4n) is 2.25. The molecule has 7 nitrogen and oxygen atoms in total. The Morgan fingerprint density at radius 1 is 1.24 bits per heavy atom. The fourth-order valence-corrected chi connectivity index (χ4v) is 2.25. The van der Waals surface area contributed by atoms with Crippen molar-refractivity contribution in [3.8, 4) is 11.4 Å². The van der Waals surface area contributed by atoms with Crippen LogP contribution in [0.15, 0.2) is 54.9 Å². The SMILES string of the molecule is O=C(NCC(O)c1ccc(F)cc1)Nc1cn[nH]c1-c1ccccn1. The standard InChI is InChI=1S/C17H16FN5O2/c18-12-6-4-11(5-7-12)15(24)10-20-17(25)22-14-9-21-23-16(14)13-3-1-2-8-19-13/h1-9,15,24H,10H2,(H,21,23)(H2,20,22,25). The number of aromatic amines is 1. The lowest BCUT2D eigenvalue weighted by atomic mass is 10.1. The summed E-state index contributed by atoms with van der Waals surface area (Å²) in [4.78, 5) is 16.2. The molecule has 2 amide bonds. The maximum Gasteiger partial charge on any atom is 0.319 e. The molecule has 0 radical (unpaired) electrons.